The first-order valence-electron chi connectivity index (χ1n) is 6.19. The van der Waals surface area contributed by atoms with Gasteiger partial charge in [-0.3, -0.25) is 0 Å². The predicted molar refractivity (Wildman–Crippen MR) is 75.8 cm³/mol. The fourth-order valence-electron chi connectivity index (χ4n) is 1.70. The summed E-state index contributed by atoms with van der Waals surface area (Å²) >= 11 is 0. The van der Waals surface area contributed by atoms with Crippen LogP contribution in [0.5, 0.6) is 0 Å². The van der Waals surface area contributed by atoms with Gasteiger partial charge in [-0.05, 0) is 19.1 Å². The van der Waals surface area contributed by atoms with E-state index in [1.807, 2.05) is 31.2 Å². The lowest BCUT2D eigenvalue weighted by Gasteiger charge is -2.10. The second-order valence-electron chi connectivity index (χ2n) is 4.46. The molecule has 2 aromatic rings. The van der Waals surface area contributed by atoms with Crippen LogP contribution in [-0.4, -0.2) is 34.3 Å². The van der Waals surface area contributed by atoms with Gasteiger partial charge < -0.3 is 16.2 Å². The van der Waals surface area contributed by atoms with E-state index >= 15 is 0 Å². The van der Waals surface area contributed by atoms with Gasteiger partial charge in [-0.15, -0.1) is 0 Å². The van der Waals surface area contributed by atoms with E-state index in [9.17, 15) is 0 Å². The van der Waals surface area contributed by atoms with Crippen molar-refractivity contribution in [1.29, 1.82) is 0 Å². The van der Waals surface area contributed by atoms with E-state index in [0.29, 0.717) is 12.5 Å². The minimum absolute atomic E-state index is 0.0649. The maximum absolute atomic E-state index is 8.87. The van der Waals surface area contributed by atoms with E-state index < -0.39 is 0 Å². The monoisotopic (exact) mass is 258 g/mol. The minimum atomic E-state index is -0.314. The van der Waals surface area contributed by atoms with Gasteiger partial charge in [-0.1, -0.05) is 23.8 Å². The Bertz CT molecular complexity index is 544. The summed E-state index contributed by atoms with van der Waals surface area (Å²) in [4.78, 5) is 8.57. The molecule has 19 heavy (non-hydrogen) atoms. The van der Waals surface area contributed by atoms with Gasteiger partial charge in [-0.2, -0.15) is 0 Å². The number of anilines is 1. The molecule has 4 N–H and O–H groups in total. The smallest absolute Gasteiger partial charge is 0.223 e. The first kappa shape index (κ1) is 13.5. The zero-order chi connectivity index (χ0) is 13.7. The maximum Gasteiger partial charge on any atom is 0.223 e. The highest BCUT2D eigenvalue weighted by atomic mass is 16.3. The van der Waals surface area contributed by atoms with Crippen LogP contribution in [0.3, 0.4) is 0 Å². The standard InChI is InChI=1S/C14H18N4O/c1-10-3-2-4-11(7-10)13-5-6-16-14(18-13)17-8-12(15)9-19/h2-7,12,19H,8-9,15H2,1H3,(H,16,17,18). The number of nitrogens with one attached hydrogen (secondary N) is 1. The van der Waals surface area contributed by atoms with Crippen molar-refractivity contribution in [3.63, 3.8) is 0 Å². The highest BCUT2D eigenvalue weighted by molar-refractivity contribution is 5.60. The summed E-state index contributed by atoms with van der Waals surface area (Å²) < 4.78 is 0. The van der Waals surface area contributed by atoms with Crippen LogP contribution in [0.2, 0.25) is 0 Å². The topological polar surface area (TPSA) is 84.1 Å². The van der Waals surface area contributed by atoms with Crippen molar-refractivity contribution in [3.8, 4) is 11.3 Å². The number of hydrogen-bond acceptors (Lipinski definition) is 5. The molecule has 0 spiro atoms. The second-order valence-corrected chi connectivity index (χ2v) is 4.46. The largest absolute Gasteiger partial charge is 0.395 e. The molecule has 1 atom stereocenters. The Balaban J connectivity index is 2.15. The summed E-state index contributed by atoms with van der Waals surface area (Å²) in [5, 5.41) is 11.9. The highest BCUT2D eigenvalue weighted by Crippen LogP contribution is 2.18. The zero-order valence-corrected chi connectivity index (χ0v) is 10.9. The number of aliphatic hydroxyl groups excluding tert-OH is 1. The molecule has 0 aliphatic rings. The molecule has 100 valence electrons. The average Bonchev–Trinajstić information content (AvgIpc) is 2.45. The predicted octanol–water partition coefficient (Wildman–Crippen LogP) is 1.18. The average molecular weight is 258 g/mol. The van der Waals surface area contributed by atoms with Crippen LogP contribution in [-0.2, 0) is 0 Å². The molecule has 0 aliphatic carbocycles. The molecule has 0 amide bonds. The molecule has 1 unspecified atom stereocenters. The summed E-state index contributed by atoms with van der Waals surface area (Å²) in [7, 11) is 0. The fourth-order valence-corrected chi connectivity index (χ4v) is 1.70. The van der Waals surface area contributed by atoms with Crippen LogP contribution in [0.25, 0.3) is 11.3 Å². The third-order valence-corrected chi connectivity index (χ3v) is 2.73. The minimum Gasteiger partial charge on any atom is -0.395 e. The van der Waals surface area contributed by atoms with Crippen LogP contribution >= 0.6 is 0 Å². The number of aliphatic hydroxyl groups is 1. The summed E-state index contributed by atoms with van der Waals surface area (Å²) in [6, 6.07) is 9.69. The molecule has 2 rings (SSSR count). The van der Waals surface area contributed by atoms with Crippen molar-refractivity contribution in [2.24, 2.45) is 5.73 Å². The van der Waals surface area contributed by atoms with Crippen molar-refractivity contribution in [1.82, 2.24) is 9.97 Å². The Hall–Kier alpha value is -1.98. The Morgan fingerprint density at radius 3 is 2.95 bits per heavy atom. The lowest BCUT2D eigenvalue weighted by molar-refractivity contribution is 0.270. The molecule has 1 aromatic heterocycles. The molecule has 5 nitrogen and oxygen atoms in total. The number of nitrogens with zero attached hydrogens (tertiary/aromatic N) is 2. The van der Waals surface area contributed by atoms with E-state index in [1.165, 1.54) is 5.56 Å². The van der Waals surface area contributed by atoms with Gasteiger partial charge in [-0.25, -0.2) is 9.97 Å². The second kappa shape index (κ2) is 6.26. The first-order chi connectivity index (χ1) is 9.19. The van der Waals surface area contributed by atoms with Gasteiger partial charge in [0.15, 0.2) is 0 Å². The molecule has 1 heterocycles. The molecule has 5 heteroatoms. The highest BCUT2D eigenvalue weighted by Gasteiger charge is 2.04. The van der Waals surface area contributed by atoms with Crippen molar-refractivity contribution in [2.75, 3.05) is 18.5 Å². The fraction of sp³-hybridized carbons (Fsp3) is 0.286. The van der Waals surface area contributed by atoms with E-state index in [2.05, 4.69) is 21.4 Å². The van der Waals surface area contributed by atoms with E-state index in [1.54, 1.807) is 6.20 Å². The van der Waals surface area contributed by atoms with Crippen LogP contribution in [0.15, 0.2) is 36.5 Å². The normalized spacial score (nSPS) is 12.2. The van der Waals surface area contributed by atoms with Gasteiger partial charge in [0.05, 0.1) is 12.3 Å². The first-order valence-corrected chi connectivity index (χ1v) is 6.19. The Labute approximate surface area is 112 Å². The molecule has 0 fully saturated rings. The van der Waals surface area contributed by atoms with Crippen molar-refractivity contribution < 1.29 is 5.11 Å². The molecule has 0 saturated heterocycles. The molecule has 0 saturated carbocycles. The van der Waals surface area contributed by atoms with Crippen LogP contribution in [0.4, 0.5) is 5.95 Å². The van der Waals surface area contributed by atoms with Gasteiger partial charge in [0.25, 0.3) is 0 Å². The van der Waals surface area contributed by atoms with Gasteiger partial charge in [0, 0.05) is 24.3 Å². The molecule has 0 bridgehead atoms. The number of aryl methyl sites for hydroxylation is 1. The van der Waals surface area contributed by atoms with Crippen LogP contribution in [0, 0.1) is 6.92 Å². The van der Waals surface area contributed by atoms with Gasteiger partial charge >= 0.3 is 0 Å². The third kappa shape index (κ3) is 3.74. The summed E-state index contributed by atoms with van der Waals surface area (Å²) in [6.45, 7) is 2.42. The molecule has 0 aliphatic heterocycles. The zero-order valence-electron chi connectivity index (χ0n) is 10.9. The maximum atomic E-state index is 8.87. The molecule has 1 aromatic carbocycles. The summed E-state index contributed by atoms with van der Waals surface area (Å²) in [5.41, 5.74) is 8.72. The van der Waals surface area contributed by atoms with E-state index in [4.69, 9.17) is 10.8 Å². The molecular weight excluding hydrogens is 240 g/mol. The number of rotatable bonds is 5. The van der Waals surface area contributed by atoms with Crippen LogP contribution < -0.4 is 11.1 Å². The lowest BCUT2D eigenvalue weighted by Crippen LogP contribution is -2.32. The van der Waals surface area contributed by atoms with Crippen molar-refractivity contribution in [3.05, 3.63) is 42.1 Å². The summed E-state index contributed by atoms with van der Waals surface area (Å²) in [6.07, 6.45) is 1.71. The van der Waals surface area contributed by atoms with Crippen LogP contribution in [0.1, 0.15) is 5.56 Å². The van der Waals surface area contributed by atoms with E-state index in [0.717, 1.165) is 11.3 Å². The third-order valence-electron chi connectivity index (χ3n) is 2.73. The Morgan fingerprint density at radius 2 is 2.21 bits per heavy atom. The van der Waals surface area contributed by atoms with Gasteiger partial charge in [0.2, 0.25) is 5.95 Å². The van der Waals surface area contributed by atoms with Gasteiger partial charge in [0.1, 0.15) is 0 Å². The number of benzene rings is 1. The lowest BCUT2D eigenvalue weighted by atomic mass is 10.1. The number of nitrogens with two attached hydrogens (primary N) is 1. The van der Waals surface area contributed by atoms with Crippen molar-refractivity contribution in [2.45, 2.75) is 13.0 Å². The van der Waals surface area contributed by atoms with Crippen molar-refractivity contribution >= 4 is 5.95 Å². The summed E-state index contributed by atoms with van der Waals surface area (Å²) in [5.74, 6) is 0.517. The SMILES string of the molecule is Cc1cccc(-c2ccnc(NCC(N)CO)n2)c1. The Kier molecular flexibility index (Phi) is 4.43. The molecule has 0 radical (unpaired) electrons. The number of aromatic nitrogens is 2. The molecular formula is C14H18N4O. The van der Waals surface area contributed by atoms with E-state index in [-0.39, 0.29) is 12.6 Å². The quantitative estimate of drug-likeness (QED) is 0.750. The Morgan fingerprint density at radius 1 is 1.37 bits per heavy atom. The number of hydrogen-bond donors (Lipinski definition) is 3.